The normalized spacial score (nSPS) is 40.8. The third-order valence-electron chi connectivity index (χ3n) is 4.26. The zero-order valence-corrected chi connectivity index (χ0v) is 10.7. The van der Waals surface area contributed by atoms with Gasteiger partial charge in [0.25, 0.3) is 6.29 Å². The largest absolute Gasteiger partial charge is 0.478 e. The molecule has 0 aromatic heterocycles. The smallest absolute Gasteiger partial charge is 0.409 e. The highest BCUT2D eigenvalue weighted by Gasteiger charge is 2.73. The molecule has 20 heavy (non-hydrogen) atoms. The Morgan fingerprint density at radius 3 is 2.95 bits per heavy atom. The predicted octanol–water partition coefficient (Wildman–Crippen LogP) is -0.567. The predicted molar refractivity (Wildman–Crippen MR) is 62.4 cm³/mol. The Morgan fingerprint density at radius 1 is 1.60 bits per heavy atom. The summed E-state index contributed by atoms with van der Waals surface area (Å²) in [6.07, 6.45) is -0.281. The number of carboxylic acids is 1. The number of aliphatic carboxylic acids is 1. The summed E-state index contributed by atoms with van der Waals surface area (Å²) < 4.78 is 15.8. The number of amides is 1. The fraction of sp³-hybridized carbons (Fsp3) is 0.667. The van der Waals surface area contributed by atoms with E-state index in [1.165, 1.54) is 7.05 Å². The number of alkyl carbamates (subject to hydrolysis) is 1. The van der Waals surface area contributed by atoms with Crippen LogP contribution >= 0.6 is 0 Å². The number of aliphatic hydroxyl groups is 1. The van der Waals surface area contributed by atoms with Crippen molar-refractivity contribution >= 4 is 12.1 Å². The number of carboxylic acid groups (broad SMARTS) is 1. The standard InChI is InChI=1S/C12H15NO7/c1-13-11(17)19-10-8-5(6(3-18-10)9(15)16)2-7-12(8,4-14)20-7/h3,5,7-8,10,14H,2,4H2,1H3,(H,13,17)(H,15,16)/t5-,7+,8+,10+,12-/m1/s1. The summed E-state index contributed by atoms with van der Waals surface area (Å²) in [6, 6.07) is 0. The molecule has 0 aromatic carbocycles. The van der Waals surface area contributed by atoms with Gasteiger partial charge in [0.2, 0.25) is 0 Å². The molecular weight excluding hydrogens is 270 g/mol. The average Bonchev–Trinajstić information content (AvgIpc) is 3.04. The van der Waals surface area contributed by atoms with Crippen LogP contribution in [0.1, 0.15) is 6.42 Å². The molecule has 3 N–H and O–H groups in total. The van der Waals surface area contributed by atoms with Gasteiger partial charge in [0.05, 0.1) is 30.5 Å². The van der Waals surface area contributed by atoms with Crippen molar-refractivity contribution in [3.63, 3.8) is 0 Å². The first kappa shape index (κ1) is 13.2. The molecule has 8 heteroatoms. The van der Waals surface area contributed by atoms with Crippen LogP contribution in [0.15, 0.2) is 11.8 Å². The molecular formula is C12H15NO7. The Kier molecular flexibility index (Phi) is 2.87. The van der Waals surface area contributed by atoms with Gasteiger partial charge in [0.15, 0.2) is 0 Å². The monoisotopic (exact) mass is 285 g/mol. The zero-order chi connectivity index (χ0) is 14.5. The Hall–Kier alpha value is -1.80. The average molecular weight is 285 g/mol. The second kappa shape index (κ2) is 4.35. The summed E-state index contributed by atoms with van der Waals surface area (Å²) in [4.78, 5) is 22.6. The number of epoxide rings is 1. The van der Waals surface area contributed by atoms with E-state index >= 15 is 0 Å². The zero-order valence-electron chi connectivity index (χ0n) is 10.7. The van der Waals surface area contributed by atoms with E-state index in [-0.39, 0.29) is 24.2 Å². The highest BCUT2D eigenvalue weighted by Crippen LogP contribution is 2.60. The van der Waals surface area contributed by atoms with Crippen molar-refractivity contribution in [3.05, 3.63) is 11.8 Å². The molecule has 3 aliphatic rings. The van der Waals surface area contributed by atoms with Crippen molar-refractivity contribution in [2.24, 2.45) is 11.8 Å². The van der Waals surface area contributed by atoms with Gasteiger partial charge in [0.1, 0.15) is 5.60 Å². The van der Waals surface area contributed by atoms with E-state index < -0.39 is 29.9 Å². The lowest BCUT2D eigenvalue weighted by molar-refractivity contribution is -0.152. The van der Waals surface area contributed by atoms with Gasteiger partial charge in [-0.25, -0.2) is 9.59 Å². The number of carbonyl (C=O) groups is 2. The van der Waals surface area contributed by atoms with Crippen LogP contribution in [-0.4, -0.2) is 53.9 Å². The Balaban J connectivity index is 1.89. The maximum Gasteiger partial charge on any atom is 0.409 e. The van der Waals surface area contributed by atoms with Crippen LogP contribution in [0.3, 0.4) is 0 Å². The molecule has 1 saturated heterocycles. The Labute approximate surface area is 114 Å². The molecule has 2 aliphatic heterocycles. The van der Waals surface area contributed by atoms with Crippen LogP contribution in [-0.2, 0) is 19.0 Å². The van der Waals surface area contributed by atoms with Gasteiger partial charge in [0, 0.05) is 13.0 Å². The molecule has 1 saturated carbocycles. The Bertz CT molecular complexity index is 486. The minimum atomic E-state index is -1.08. The number of rotatable bonds is 3. The van der Waals surface area contributed by atoms with Gasteiger partial charge in [-0.1, -0.05) is 0 Å². The molecule has 0 unspecified atom stereocenters. The second-order valence-electron chi connectivity index (χ2n) is 5.13. The second-order valence-corrected chi connectivity index (χ2v) is 5.13. The lowest BCUT2D eigenvalue weighted by atomic mass is 9.82. The number of fused-ring (bicyclic) bond motifs is 3. The van der Waals surface area contributed by atoms with Gasteiger partial charge in [-0.15, -0.1) is 0 Å². The van der Waals surface area contributed by atoms with Crippen molar-refractivity contribution < 1.29 is 34.0 Å². The number of aliphatic hydroxyl groups excluding tert-OH is 1. The number of ether oxygens (including phenoxy) is 3. The maximum absolute atomic E-state index is 11.3. The molecule has 110 valence electrons. The van der Waals surface area contributed by atoms with Gasteiger partial charge >= 0.3 is 12.1 Å². The Morgan fingerprint density at radius 2 is 2.35 bits per heavy atom. The molecule has 3 rings (SSSR count). The van der Waals surface area contributed by atoms with Crippen molar-refractivity contribution in [1.29, 1.82) is 0 Å². The summed E-state index contributed by atoms with van der Waals surface area (Å²) >= 11 is 0. The summed E-state index contributed by atoms with van der Waals surface area (Å²) in [5, 5.41) is 21.0. The van der Waals surface area contributed by atoms with E-state index in [0.29, 0.717) is 6.42 Å². The first-order chi connectivity index (χ1) is 9.53. The molecule has 0 spiro atoms. The van der Waals surface area contributed by atoms with Gasteiger partial charge in [-0.3, -0.25) is 0 Å². The number of hydrogen-bond donors (Lipinski definition) is 3. The lowest BCUT2D eigenvalue weighted by Gasteiger charge is -2.35. The van der Waals surface area contributed by atoms with Crippen LogP contribution in [0.25, 0.3) is 0 Å². The van der Waals surface area contributed by atoms with E-state index in [4.69, 9.17) is 14.2 Å². The van der Waals surface area contributed by atoms with Crippen LogP contribution in [0.4, 0.5) is 4.79 Å². The molecule has 0 aromatic rings. The highest BCUT2D eigenvalue weighted by atomic mass is 16.7. The van der Waals surface area contributed by atoms with E-state index in [1.807, 2.05) is 0 Å². The summed E-state index contributed by atoms with van der Waals surface area (Å²) in [7, 11) is 1.41. The molecule has 1 amide bonds. The number of carbonyl (C=O) groups excluding carboxylic acids is 1. The van der Waals surface area contributed by atoms with Crippen LogP contribution in [0.2, 0.25) is 0 Å². The van der Waals surface area contributed by atoms with Crippen molar-refractivity contribution in [2.45, 2.75) is 24.4 Å². The number of nitrogens with one attached hydrogen (secondary N) is 1. The first-order valence-corrected chi connectivity index (χ1v) is 6.29. The molecule has 2 fully saturated rings. The third kappa shape index (κ3) is 1.68. The minimum absolute atomic E-state index is 0.121. The van der Waals surface area contributed by atoms with E-state index in [9.17, 15) is 19.8 Å². The van der Waals surface area contributed by atoms with Gasteiger partial charge < -0.3 is 29.7 Å². The summed E-state index contributed by atoms with van der Waals surface area (Å²) in [6.45, 7) is -0.261. The quantitative estimate of drug-likeness (QED) is 0.594. The maximum atomic E-state index is 11.3. The molecule has 8 nitrogen and oxygen atoms in total. The van der Waals surface area contributed by atoms with Gasteiger partial charge in [-0.2, -0.15) is 0 Å². The molecule has 2 heterocycles. The number of hydrogen-bond acceptors (Lipinski definition) is 6. The highest BCUT2D eigenvalue weighted by molar-refractivity contribution is 5.87. The van der Waals surface area contributed by atoms with Gasteiger partial charge in [-0.05, 0) is 6.42 Å². The topological polar surface area (TPSA) is 118 Å². The van der Waals surface area contributed by atoms with Crippen LogP contribution in [0, 0.1) is 11.8 Å². The fourth-order valence-corrected chi connectivity index (χ4v) is 3.26. The third-order valence-corrected chi connectivity index (χ3v) is 4.26. The van der Waals surface area contributed by atoms with Crippen molar-refractivity contribution in [2.75, 3.05) is 13.7 Å². The first-order valence-electron chi connectivity index (χ1n) is 6.29. The van der Waals surface area contributed by atoms with Crippen LogP contribution in [0.5, 0.6) is 0 Å². The molecule has 1 aliphatic carbocycles. The van der Waals surface area contributed by atoms with Crippen LogP contribution < -0.4 is 5.32 Å². The molecule has 0 radical (unpaired) electrons. The summed E-state index contributed by atoms with van der Waals surface area (Å²) in [5.74, 6) is -1.96. The van der Waals surface area contributed by atoms with E-state index in [1.54, 1.807) is 0 Å². The van der Waals surface area contributed by atoms with E-state index in [0.717, 1.165) is 6.26 Å². The minimum Gasteiger partial charge on any atom is -0.478 e. The lowest BCUT2D eigenvalue weighted by Crippen LogP contribution is -2.46. The molecule has 5 atom stereocenters. The summed E-state index contributed by atoms with van der Waals surface area (Å²) in [5.41, 5.74) is -0.742. The SMILES string of the molecule is CNC(=O)O[C@@H]1OC=C(C(=O)O)[C@H]2C[C@@H]3O[C@@]3(CO)[C@H]12. The van der Waals surface area contributed by atoms with Crippen molar-refractivity contribution in [3.8, 4) is 0 Å². The molecule has 0 bridgehead atoms. The van der Waals surface area contributed by atoms with E-state index in [2.05, 4.69) is 5.32 Å². The fourth-order valence-electron chi connectivity index (χ4n) is 3.26. The van der Waals surface area contributed by atoms with Crippen molar-refractivity contribution in [1.82, 2.24) is 5.32 Å².